The minimum absolute atomic E-state index is 0.109. The molecule has 3 atom stereocenters. The SMILES string of the molecule is CCCCCCCN[C@H]1CCN(C[C@H](O)c2ccnc3ccc(OC)cc23)C[C@@H]1C(N)=O. The summed E-state index contributed by atoms with van der Waals surface area (Å²) in [5.41, 5.74) is 7.38. The number of benzene rings is 1. The molecule has 4 N–H and O–H groups in total. The molecule has 1 aliphatic rings. The molecule has 0 unspecified atom stereocenters. The Labute approximate surface area is 191 Å². The summed E-state index contributed by atoms with van der Waals surface area (Å²) in [6, 6.07) is 7.63. The molecule has 32 heavy (non-hydrogen) atoms. The largest absolute Gasteiger partial charge is 0.497 e. The Balaban J connectivity index is 1.59. The number of ether oxygens (including phenoxy) is 1. The number of unbranched alkanes of at least 4 members (excludes halogenated alkanes) is 4. The summed E-state index contributed by atoms with van der Waals surface area (Å²) in [5.74, 6) is 0.210. The summed E-state index contributed by atoms with van der Waals surface area (Å²) in [6.07, 6.45) is 8.01. The quantitative estimate of drug-likeness (QED) is 0.437. The summed E-state index contributed by atoms with van der Waals surface area (Å²) >= 11 is 0. The van der Waals surface area contributed by atoms with Crippen LogP contribution in [0.4, 0.5) is 0 Å². The zero-order valence-electron chi connectivity index (χ0n) is 19.4. The first-order chi connectivity index (χ1) is 15.5. The lowest BCUT2D eigenvalue weighted by Crippen LogP contribution is -2.54. The first-order valence-corrected chi connectivity index (χ1v) is 11.9. The number of aliphatic hydroxyl groups is 1. The second kappa shape index (κ2) is 12.1. The Kier molecular flexibility index (Phi) is 9.26. The van der Waals surface area contributed by atoms with E-state index in [9.17, 15) is 9.90 Å². The van der Waals surface area contributed by atoms with Crippen LogP contribution in [0.15, 0.2) is 30.5 Å². The summed E-state index contributed by atoms with van der Waals surface area (Å²) in [7, 11) is 1.63. The fraction of sp³-hybridized carbons (Fsp3) is 0.600. The Morgan fingerprint density at radius 2 is 2.12 bits per heavy atom. The van der Waals surface area contributed by atoms with Gasteiger partial charge in [0.05, 0.1) is 24.6 Å². The van der Waals surface area contributed by atoms with Crippen LogP contribution in [-0.4, -0.2) is 60.2 Å². The standard InChI is InChI=1S/C25H38N4O3/c1-3-4-5-6-7-12-27-23-11-14-29(16-21(23)25(26)31)17-24(30)19-10-13-28-22-9-8-18(32-2)15-20(19)22/h8-10,13,15,21,23-24,27,30H,3-7,11-12,14,16-17H2,1-2H3,(H2,26,31)/t21-,23-,24-/m0/s1. The van der Waals surface area contributed by atoms with E-state index in [2.05, 4.69) is 22.1 Å². The Hall–Kier alpha value is -2.22. The van der Waals surface area contributed by atoms with Gasteiger partial charge in [-0.2, -0.15) is 0 Å². The fourth-order valence-electron chi connectivity index (χ4n) is 4.64. The fourth-order valence-corrected chi connectivity index (χ4v) is 4.64. The van der Waals surface area contributed by atoms with Gasteiger partial charge in [-0.1, -0.05) is 32.6 Å². The van der Waals surface area contributed by atoms with Gasteiger partial charge in [0, 0.05) is 30.7 Å². The molecule has 0 radical (unpaired) electrons. The molecular formula is C25H38N4O3. The minimum atomic E-state index is -0.691. The van der Waals surface area contributed by atoms with Crippen molar-refractivity contribution in [3.63, 3.8) is 0 Å². The van der Waals surface area contributed by atoms with Crippen molar-refractivity contribution in [2.75, 3.05) is 33.3 Å². The van der Waals surface area contributed by atoms with E-state index in [-0.39, 0.29) is 17.9 Å². The van der Waals surface area contributed by atoms with Crippen molar-refractivity contribution in [3.8, 4) is 5.75 Å². The average Bonchev–Trinajstić information content (AvgIpc) is 2.81. The number of aliphatic hydroxyl groups excluding tert-OH is 1. The second-order valence-corrected chi connectivity index (χ2v) is 8.83. The number of fused-ring (bicyclic) bond motifs is 1. The van der Waals surface area contributed by atoms with Crippen molar-refractivity contribution in [1.82, 2.24) is 15.2 Å². The Bertz CT molecular complexity index is 875. The summed E-state index contributed by atoms with van der Waals surface area (Å²) < 4.78 is 5.34. The van der Waals surface area contributed by atoms with Crippen LogP contribution < -0.4 is 15.8 Å². The maximum Gasteiger partial charge on any atom is 0.223 e. The molecule has 2 heterocycles. The lowest BCUT2D eigenvalue weighted by Gasteiger charge is -2.38. The highest BCUT2D eigenvalue weighted by Crippen LogP contribution is 2.28. The number of primary amides is 1. The monoisotopic (exact) mass is 442 g/mol. The van der Waals surface area contributed by atoms with Crippen molar-refractivity contribution in [3.05, 3.63) is 36.0 Å². The van der Waals surface area contributed by atoms with Crippen LogP contribution in [0.25, 0.3) is 10.9 Å². The van der Waals surface area contributed by atoms with Crippen LogP contribution in [0.5, 0.6) is 5.75 Å². The molecule has 1 aromatic heterocycles. The average molecular weight is 443 g/mol. The number of aromatic nitrogens is 1. The number of carbonyl (C=O) groups is 1. The molecule has 0 spiro atoms. The van der Waals surface area contributed by atoms with E-state index < -0.39 is 6.10 Å². The summed E-state index contributed by atoms with van der Waals surface area (Å²) in [6.45, 7) is 4.97. The van der Waals surface area contributed by atoms with Crippen LogP contribution >= 0.6 is 0 Å². The van der Waals surface area contributed by atoms with Crippen molar-refractivity contribution in [1.29, 1.82) is 0 Å². The van der Waals surface area contributed by atoms with E-state index in [1.165, 1.54) is 25.7 Å². The first-order valence-electron chi connectivity index (χ1n) is 11.9. The predicted octanol–water partition coefficient (Wildman–Crippen LogP) is 3.01. The predicted molar refractivity (Wildman–Crippen MR) is 128 cm³/mol. The van der Waals surface area contributed by atoms with E-state index in [0.29, 0.717) is 13.1 Å². The third kappa shape index (κ3) is 6.40. The molecule has 7 heteroatoms. The third-order valence-electron chi connectivity index (χ3n) is 6.52. The number of rotatable bonds is 12. The van der Waals surface area contributed by atoms with Gasteiger partial charge in [0.2, 0.25) is 5.91 Å². The Morgan fingerprint density at radius 1 is 1.31 bits per heavy atom. The number of amides is 1. The van der Waals surface area contributed by atoms with Gasteiger partial charge in [0.15, 0.2) is 0 Å². The van der Waals surface area contributed by atoms with E-state index in [1.807, 2.05) is 24.3 Å². The van der Waals surface area contributed by atoms with Crippen molar-refractivity contribution in [2.45, 2.75) is 57.6 Å². The zero-order chi connectivity index (χ0) is 22.9. The van der Waals surface area contributed by atoms with Gasteiger partial charge in [0.1, 0.15) is 5.75 Å². The molecule has 7 nitrogen and oxygen atoms in total. The Morgan fingerprint density at radius 3 is 2.88 bits per heavy atom. The number of hydrogen-bond donors (Lipinski definition) is 3. The number of hydrogen-bond acceptors (Lipinski definition) is 6. The molecule has 1 fully saturated rings. The number of pyridine rings is 1. The lowest BCUT2D eigenvalue weighted by molar-refractivity contribution is -0.124. The number of β-amino-alcohol motifs (C(OH)–C–C–N with tert-alkyl or cyclic N) is 1. The minimum Gasteiger partial charge on any atom is -0.497 e. The number of methoxy groups -OCH3 is 1. The zero-order valence-corrected chi connectivity index (χ0v) is 19.4. The highest BCUT2D eigenvalue weighted by molar-refractivity contribution is 5.83. The molecule has 1 aliphatic heterocycles. The number of nitrogens with zero attached hydrogens (tertiary/aromatic N) is 2. The molecule has 1 amide bonds. The smallest absolute Gasteiger partial charge is 0.223 e. The van der Waals surface area contributed by atoms with Gasteiger partial charge in [-0.3, -0.25) is 14.7 Å². The first kappa shape index (κ1) is 24.4. The number of piperidine rings is 1. The van der Waals surface area contributed by atoms with Crippen molar-refractivity contribution >= 4 is 16.8 Å². The van der Waals surface area contributed by atoms with Gasteiger partial charge in [-0.25, -0.2) is 0 Å². The van der Waals surface area contributed by atoms with Crippen LogP contribution in [0.1, 0.15) is 57.1 Å². The van der Waals surface area contributed by atoms with Gasteiger partial charge >= 0.3 is 0 Å². The van der Waals surface area contributed by atoms with Gasteiger partial charge < -0.3 is 20.9 Å². The molecule has 0 bridgehead atoms. The molecule has 1 aromatic carbocycles. The highest BCUT2D eigenvalue weighted by Gasteiger charge is 2.33. The van der Waals surface area contributed by atoms with Crippen molar-refractivity contribution in [2.24, 2.45) is 11.7 Å². The molecule has 0 saturated carbocycles. The third-order valence-corrected chi connectivity index (χ3v) is 6.52. The van der Waals surface area contributed by atoms with Crippen molar-refractivity contribution < 1.29 is 14.6 Å². The molecule has 3 rings (SSSR count). The molecule has 2 aromatic rings. The number of carbonyl (C=O) groups excluding carboxylic acids is 1. The van der Waals surface area contributed by atoms with Gasteiger partial charge in [-0.15, -0.1) is 0 Å². The van der Waals surface area contributed by atoms with Gasteiger partial charge in [-0.05, 0) is 55.8 Å². The van der Waals surface area contributed by atoms with Gasteiger partial charge in [0.25, 0.3) is 0 Å². The molecular weight excluding hydrogens is 404 g/mol. The van der Waals surface area contributed by atoms with E-state index in [0.717, 1.165) is 48.1 Å². The van der Waals surface area contributed by atoms with E-state index in [1.54, 1.807) is 13.3 Å². The number of nitrogens with one attached hydrogen (secondary N) is 1. The maximum atomic E-state index is 12.2. The highest BCUT2D eigenvalue weighted by atomic mass is 16.5. The van der Waals surface area contributed by atoms with E-state index in [4.69, 9.17) is 10.5 Å². The van der Waals surface area contributed by atoms with Crippen LogP contribution in [0.3, 0.4) is 0 Å². The summed E-state index contributed by atoms with van der Waals surface area (Å²) in [4.78, 5) is 18.7. The van der Waals surface area contributed by atoms with Crippen LogP contribution in [-0.2, 0) is 4.79 Å². The van der Waals surface area contributed by atoms with Crippen LogP contribution in [0.2, 0.25) is 0 Å². The topological polar surface area (TPSA) is 101 Å². The van der Waals surface area contributed by atoms with E-state index >= 15 is 0 Å². The molecule has 1 saturated heterocycles. The normalized spacial score (nSPS) is 20.3. The maximum absolute atomic E-state index is 12.2. The lowest BCUT2D eigenvalue weighted by atomic mass is 9.90. The molecule has 176 valence electrons. The molecule has 0 aliphatic carbocycles. The second-order valence-electron chi connectivity index (χ2n) is 8.83. The van der Waals surface area contributed by atoms with Crippen LogP contribution in [0, 0.1) is 5.92 Å². The number of likely N-dealkylation sites (tertiary alicyclic amines) is 1. The summed E-state index contributed by atoms with van der Waals surface area (Å²) in [5, 5.41) is 15.5. The number of nitrogens with two attached hydrogens (primary N) is 1.